The second-order valence-electron chi connectivity index (χ2n) is 31.3. The van der Waals surface area contributed by atoms with Gasteiger partial charge < -0.3 is 115 Å². The van der Waals surface area contributed by atoms with Gasteiger partial charge in [-0.3, -0.25) is 94.2 Å². The van der Waals surface area contributed by atoms with Gasteiger partial charge in [0.1, 0.15) is 55.3 Å². The van der Waals surface area contributed by atoms with Crippen LogP contribution in [0.2, 0.25) is 0 Å². The molecule has 1 aromatic carbocycles. The average Bonchev–Trinajstić information content (AvgIpc) is 1.81. The molecule has 2 heterocycles. The number of aliphatic carboxylic acids is 1. The molecule has 0 saturated carbocycles. The van der Waals surface area contributed by atoms with E-state index in [4.69, 9.17) is 22.9 Å². The predicted molar refractivity (Wildman–Crippen MR) is 435 cm³/mol. The SMILES string of the molecule is CN[C@]1(C)CCCCCCC=CCCC[C@@](C)(C(=O)N[C@@H](CCC(N)=O)C(=O)N[C@@H](CC(=O)O)C(N)=O)NC(=O)[C@H](N[C@H](C=O)CC(C)C)NC(=O)[C@H](N[C@H](C=O)CC(C)C)NC(=O)[C@H](N[C@H](C=O)CCCCN)NC(=O)[C@H](N[C@H](C=O)Cc2c[nH]c3ccccc23)NC(=O)[C@H](N[C@H](C=O)CC(C)C)NC(=O)[C@H](N[C@H](C=O)CC(N)=O)NC1=O. The number of hydrogen-bond acceptors (Lipinski definition) is 27. The number of nitrogens with two attached hydrogens (primary N) is 4. The molecule has 0 unspecified atom stereocenters. The van der Waals surface area contributed by atoms with Crippen molar-refractivity contribution in [3.05, 3.63) is 48.2 Å². The highest BCUT2D eigenvalue weighted by molar-refractivity contribution is 6.00. The van der Waals surface area contributed by atoms with Crippen molar-refractivity contribution in [2.75, 3.05) is 13.6 Å². The smallest absolute Gasteiger partial charge is 0.305 e. The number of carboxylic acids is 1. The highest BCUT2D eigenvalue weighted by Crippen LogP contribution is 2.22. The Balaban J connectivity index is 2.55. The van der Waals surface area contributed by atoms with Gasteiger partial charge in [-0.1, -0.05) is 97.6 Å². The highest BCUT2D eigenvalue weighted by atomic mass is 16.4. The third-order valence-electron chi connectivity index (χ3n) is 19.5. The van der Waals surface area contributed by atoms with E-state index in [1.165, 1.54) is 20.9 Å². The number of aldehydes is 6. The van der Waals surface area contributed by atoms with E-state index in [0.29, 0.717) is 86.4 Å². The monoisotopic (exact) mass is 1680 g/mol. The molecule has 0 radical (unpaired) electrons. The summed E-state index contributed by atoms with van der Waals surface area (Å²) in [5.74, 6) is -16.9. The minimum absolute atomic E-state index is 0.000799. The second kappa shape index (κ2) is 53.0. The minimum atomic E-state index is -2.24. The van der Waals surface area contributed by atoms with E-state index in [-0.39, 0.29) is 94.8 Å². The van der Waals surface area contributed by atoms with Crippen molar-refractivity contribution in [3.8, 4) is 0 Å². The molecule has 0 saturated heterocycles. The lowest BCUT2D eigenvalue weighted by Crippen LogP contribution is -2.70. The number of carbonyl (C=O) groups excluding carboxylic acids is 18. The van der Waals surface area contributed by atoms with Crippen molar-refractivity contribution >= 4 is 125 Å². The lowest BCUT2D eigenvalue weighted by molar-refractivity contribution is -0.141. The summed E-state index contributed by atoms with van der Waals surface area (Å²) in [5, 5.41) is 51.5. The van der Waals surface area contributed by atoms with E-state index in [1.807, 2.05) is 6.08 Å². The predicted octanol–water partition coefficient (Wildman–Crippen LogP) is -4.42. The largest absolute Gasteiger partial charge is 0.481 e. The van der Waals surface area contributed by atoms with Crippen molar-refractivity contribution in [2.45, 2.75) is 280 Å². The Hall–Kier alpha value is -10.7. The number of fused-ring (bicyclic) bond motifs is 1. The third-order valence-corrected chi connectivity index (χ3v) is 19.5. The standard InChI is InChI=1S/C78H125N21O20/c1-44(2)31-49(39-101)86-63-70(113)95-65(89-52(42-104)34-47-37-84-55-25-18-17-24-54(47)55)71(114)93-62(85-48(38-100)23-19-22-30-79)69(112)94-64(87-50(40-102)32-45(3)4)72(115)97-67(88-51(41-103)33-46(5)6)74(117)99-78(8,76(119)92-56(26-27-58(80)106)68(111)91-57(61(82)110)36-60(108)109)29-21-16-14-12-10-11-13-15-20-28-77(7,83-9)75(118)98-66(73(116)96-63)90-53(43-105)35-59(81)107/h12,14,17-18,24-25,37-46,48-53,56-57,62-67,83-90H,10-11,13,15-16,19-23,26-36,79H2,1-9H3,(H2,80,106)(H2,81,107)(H2,82,110)(H,91,111)(H,92,119)(H,93,114)(H,94,112)(H,95,113)(H,96,116)(H,97,115)(H,98,118)(H,99,117)(H,108,109)/t48-,49-,50-,51-,52-,53-,56-,57-,62+,63+,64+,65+,66+,67+,77+,78-/m0/s1. The first-order valence-corrected chi connectivity index (χ1v) is 40.0. The normalized spacial score (nSPS) is 23.0. The molecule has 12 amide bonds. The summed E-state index contributed by atoms with van der Waals surface area (Å²) in [6, 6.07) is -4.95. The Labute approximate surface area is 691 Å². The van der Waals surface area contributed by atoms with Gasteiger partial charge in [0.05, 0.1) is 48.2 Å². The van der Waals surface area contributed by atoms with Crippen LogP contribution in [-0.4, -0.2) is 235 Å². The molecule has 41 nitrogen and oxygen atoms in total. The number of hydrogen-bond donors (Lipinski definition) is 22. The Morgan fingerprint density at radius 1 is 0.513 bits per heavy atom. The molecular weight excluding hydrogens is 1550 g/mol. The van der Waals surface area contributed by atoms with Crippen molar-refractivity contribution in [1.82, 2.24) is 90.1 Å². The minimum Gasteiger partial charge on any atom is -0.481 e. The molecule has 0 spiro atoms. The Morgan fingerprint density at radius 3 is 1.40 bits per heavy atom. The number of carbonyl (C=O) groups is 19. The second-order valence-corrected chi connectivity index (χ2v) is 31.3. The number of amides is 12. The summed E-state index contributed by atoms with van der Waals surface area (Å²) < 4.78 is 0. The summed E-state index contributed by atoms with van der Waals surface area (Å²) in [4.78, 5) is 266. The van der Waals surface area contributed by atoms with Gasteiger partial charge in [0, 0.05) is 29.9 Å². The molecule has 26 N–H and O–H groups in total. The van der Waals surface area contributed by atoms with Gasteiger partial charge in [0.2, 0.25) is 35.4 Å². The molecule has 0 fully saturated rings. The van der Waals surface area contributed by atoms with E-state index in [9.17, 15) is 67.4 Å². The number of primary amides is 3. The van der Waals surface area contributed by atoms with Gasteiger partial charge in [-0.2, -0.15) is 0 Å². The highest BCUT2D eigenvalue weighted by Gasteiger charge is 2.43. The molecule has 1 aliphatic heterocycles. The lowest BCUT2D eigenvalue weighted by Gasteiger charge is -2.34. The lowest BCUT2D eigenvalue weighted by atomic mass is 9.92. The summed E-state index contributed by atoms with van der Waals surface area (Å²) in [6.45, 7) is 13.3. The maximum absolute atomic E-state index is 15.6. The summed E-state index contributed by atoms with van der Waals surface area (Å²) >= 11 is 0. The van der Waals surface area contributed by atoms with Crippen LogP contribution in [-0.2, 0) is 97.5 Å². The van der Waals surface area contributed by atoms with Gasteiger partial charge in [-0.25, -0.2) is 0 Å². The van der Waals surface area contributed by atoms with E-state index < -0.39 is 199 Å². The van der Waals surface area contributed by atoms with Crippen molar-refractivity contribution in [3.63, 3.8) is 0 Å². The number of allylic oxidation sites excluding steroid dienone is 2. The van der Waals surface area contributed by atoms with Crippen LogP contribution in [0.4, 0.5) is 0 Å². The van der Waals surface area contributed by atoms with Crippen molar-refractivity contribution in [1.29, 1.82) is 0 Å². The van der Waals surface area contributed by atoms with E-state index in [2.05, 4.69) is 90.1 Å². The third kappa shape index (κ3) is 37.0. The number of H-pyrrole nitrogens is 1. The summed E-state index contributed by atoms with van der Waals surface area (Å²) in [5.41, 5.74) is 19.7. The molecule has 1 aliphatic rings. The molecule has 0 aliphatic carbocycles. The topological polar surface area (TPSA) is 657 Å². The van der Waals surface area contributed by atoms with Gasteiger partial charge in [0.15, 0.2) is 37.0 Å². The average molecular weight is 1680 g/mol. The molecule has 41 heteroatoms. The molecular formula is C78H125N21O20. The molecule has 662 valence electrons. The van der Waals surface area contributed by atoms with E-state index in [1.54, 1.807) is 78.1 Å². The van der Waals surface area contributed by atoms with E-state index >= 15 is 28.8 Å². The zero-order chi connectivity index (χ0) is 89.1. The maximum Gasteiger partial charge on any atom is 0.305 e. The van der Waals surface area contributed by atoms with Crippen molar-refractivity contribution < 1.29 is 96.2 Å². The number of likely N-dealkylation sites (N-methyl/N-ethyl adjacent to an activating group) is 1. The number of aromatic amines is 1. The van der Waals surface area contributed by atoms with Crippen LogP contribution in [0.1, 0.15) is 183 Å². The molecule has 0 bridgehead atoms. The zero-order valence-corrected chi connectivity index (χ0v) is 69.2. The van der Waals surface area contributed by atoms with Crippen LogP contribution >= 0.6 is 0 Å². The number of aromatic nitrogens is 1. The first-order chi connectivity index (χ1) is 56.3. The van der Waals surface area contributed by atoms with Gasteiger partial charge >= 0.3 is 5.97 Å². The molecule has 2 aromatic rings. The Bertz CT molecular complexity index is 3790. The van der Waals surface area contributed by atoms with Crippen LogP contribution in [0, 0.1) is 17.8 Å². The van der Waals surface area contributed by atoms with Crippen molar-refractivity contribution in [2.24, 2.45) is 40.7 Å². The maximum atomic E-state index is 15.6. The van der Waals surface area contributed by atoms with E-state index in [0.717, 1.165) is 0 Å². The summed E-state index contributed by atoms with van der Waals surface area (Å²) in [7, 11) is 1.48. The quantitative estimate of drug-likeness (QED) is 0.0169. The number of unbranched alkanes of at least 4 members (excludes halogenated alkanes) is 1. The van der Waals surface area contributed by atoms with Crippen LogP contribution in [0.5, 0.6) is 0 Å². The Morgan fingerprint density at radius 2 is 0.958 bits per heavy atom. The van der Waals surface area contributed by atoms with Gasteiger partial charge in [-0.15, -0.1) is 0 Å². The first-order valence-electron chi connectivity index (χ1n) is 40.0. The van der Waals surface area contributed by atoms with Gasteiger partial charge in [0.25, 0.3) is 35.4 Å². The fourth-order valence-electron chi connectivity index (χ4n) is 12.9. The number of carboxylic acid groups (broad SMARTS) is 1. The number of rotatable bonds is 43. The van der Waals surface area contributed by atoms with Crippen LogP contribution in [0.15, 0.2) is 42.6 Å². The first kappa shape index (κ1) is 102. The number of para-hydroxylation sites is 1. The fourth-order valence-corrected chi connectivity index (χ4v) is 12.9. The molecule has 119 heavy (non-hydrogen) atoms. The molecule has 3 rings (SSSR count). The summed E-state index contributed by atoms with van der Waals surface area (Å²) in [6.07, 6.45) is -5.18. The molecule has 16 atom stereocenters. The molecule has 1 aromatic heterocycles. The number of benzene rings is 1. The zero-order valence-electron chi connectivity index (χ0n) is 69.2. The van der Waals surface area contributed by atoms with Crippen LogP contribution in [0.25, 0.3) is 10.9 Å². The number of nitrogens with one attached hydrogen (secondary N) is 17. The van der Waals surface area contributed by atoms with Gasteiger partial charge in [-0.05, 0) is 140 Å². The van der Waals surface area contributed by atoms with Crippen LogP contribution in [0.3, 0.4) is 0 Å². The Kier molecular flexibility index (Phi) is 45.6. The fraction of sp³-hybridized carbons (Fsp3) is 0.628. The van der Waals surface area contributed by atoms with Crippen LogP contribution < -0.4 is 108 Å².